The van der Waals surface area contributed by atoms with E-state index in [0.717, 1.165) is 12.8 Å². The molecule has 1 rings (SSSR count). The van der Waals surface area contributed by atoms with Crippen LogP contribution in [0.2, 0.25) is 0 Å². The minimum Gasteiger partial charge on any atom is -0.481 e. The number of hydrogen-bond acceptors (Lipinski definition) is 2. The van der Waals surface area contributed by atoms with Crippen molar-refractivity contribution in [2.45, 2.75) is 45.1 Å². The Hall–Kier alpha value is -0.570. The monoisotopic (exact) mass is 172 g/mol. The second-order valence-electron chi connectivity index (χ2n) is 4.34. The number of hydrogen-bond donors (Lipinski definition) is 2. The SMILES string of the molecule is CC1(C)CCCC1(O)CC(=O)O. The number of aliphatic carboxylic acids is 1. The topological polar surface area (TPSA) is 57.5 Å². The number of carbonyl (C=O) groups is 1. The highest BCUT2D eigenvalue weighted by atomic mass is 16.4. The van der Waals surface area contributed by atoms with Gasteiger partial charge in [-0.15, -0.1) is 0 Å². The van der Waals surface area contributed by atoms with Gasteiger partial charge in [0.05, 0.1) is 12.0 Å². The van der Waals surface area contributed by atoms with Crippen LogP contribution in [-0.2, 0) is 4.79 Å². The molecule has 0 aliphatic heterocycles. The van der Waals surface area contributed by atoms with Crippen LogP contribution in [0.5, 0.6) is 0 Å². The molecule has 0 aromatic heterocycles. The van der Waals surface area contributed by atoms with Crippen molar-refractivity contribution in [1.29, 1.82) is 0 Å². The van der Waals surface area contributed by atoms with Gasteiger partial charge in [0, 0.05) is 0 Å². The van der Waals surface area contributed by atoms with E-state index in [1.165, 1.54) is 0 Å². The van der Waals surface area contributed by atoms with E-state index in [1.54, 1.807) is 0 Å². The molecule has 1 aliphatic carbocycles. The van der Waals surface area contributed by atoms with E-state index in [0.29, 0.717) is 6.42 Å². The Balaban J connectivity index is 2.75. The molecule has 70 valence electrons. The van der Waals surface area contributed by atoms with Gasteiger partial charge in [0.2, 0.25) is 0 Å². The summed E-state index contributed by atoms with van der Waals surface area (Å²) in [4.78, 5) is 10.5. The standard InChI is InChI=1S/C9H16O3/c1-8(2)4-3-5-9(8,12)6-7(10)11/h12H,3-6H2,1-2H3,(H,10,11). The van der Waals surface area contributed by atoms with Crippen molar-refractivity contribution in [3.63, 3.8) is 0 Å². The van der Waals surface area contributed by atoms with Crippen LogP contribution in [0.15, 0.2) is 0 Å². The van der Waals surface area contributed by atoms with Crippen molar-refractivity contribution >= 4 is 5.97 Å². The maximum atomic E-state index is 10.5. The minimum atomic E-state index is -0.987. The molecule has 0 aromatic rings. The molecule has 0 spiro atoms. The zero-order chi connectivity index (χ0) is 9.41. The Labute approximate surface area is 72.4 Å². The second kappa shape index (κ2) is 2.73. The molecular formula is C9H16O3. The molecule has 0 aromatic carbocycles. The van der Waals surface area contributed by atoms with Gasteiger partial charge in [-0.1, -0.05) is 13.8 Å². The van der Waals surface area contributed by atoms with Gasteiger partial charge in [0.1, 0.15) is 0 Å². The summed E-state index contributed by atoms with van der Waals surface area (Å²) >= 11 is 0. The number of carboxylic acids is 1. The van der Waals surface area contributed by atoms with Gasteiger partial charge in [-0.2, -0.15) is 0 Å². The third-order valence-electron chi connectivity index (χ3n) is 3.10. The van der Waals surface area contributed by atoms with Crippen molar-refractivity contribution in [3.8, 4) is 0 Å². The molecule has 1 fully saturated rings. The van der Waals surface area contributed by atoms with Gasteiger partial charge in [-0.3, -0.25) is 4.79 Å². The largest absolute Gasteiger partial charge is 0.481 e. The smallest absolute Gasteiger partial charge is 0.306 e. The highest BCUT2D eigenvalue weighted by Gasteiger charge is 2.48. The minimum absolute atomic E-state index is 0.125. The molecule has 0 heterocycles. The van der Waals surface area contributed by atoms with Crippen molar-refractivity contribution in [3.05, 3.63) is 0 Å². The van der Waals surface area contributed by atoms with Crippen LogP contribution in [0.1, 0.15) is 39.5 Å². The van der Waals surface area contributed by atoms with E-state index in [9.17, 15) is 9.90 Å². The van der Waals surface area contributed by atoms with Crippen LogP contribution >= 0.6 is 0 Å². The van der Waals surface area contributed by atoms with Crippen LogP contribution in [-0.4, -0.2) is 21.8 Å². The van der Waals surface area contributed by atoms with Gasteiger partial charge in [-0.25, -0.2) is 0 Å². The number of carboxylic acid groups (broad SMARTS) is 1. The molecule has 0 saturated heterocycles. The predicted octanol–water partition coefficient (Wildman–Crippen LogP) is 1.40. The predicted molar refractivity (Wildman–Crippen MR) is 44.8 cm³/mol. The van der Waals surface area contributed by atoms with E-state index in [4.69, 9.17) is 5.11 Å². The first kappa shape index (κ1) is 9.52. The van der Waals surface area contributed by atoms with Gasteiger partial charge >= 0.3 is 5.97 Å². The highest BCUT2D eigenvalue weighted by Crippen LogP contribution is 2.47. The number of rotatable bonds is 2. The Morgan fingerprint density at radius 2 is 2.00 bits per heavy atom. The van der Waals surface area contributed by atoms with E-state index < -0.39 is 11.6 Å². The summed E-state index contributed by atoms with van der Waals surface area (Å²) in [6, 6.07) is 0. The van der Waals surface area contributed by atoms with Crippen LogP contribution in [0.25, 0.3) is 0 Å². The fourth-order valence-corrected chi connectivity index (χ4v) is 1.97. The summed E-state index contributed by atoms with van der Waals surface area (Å²) < 4.78 is 0. The summed E-state index contributed by atoms with van der Waals surface area (Å²) in [6.07, 6.45) is 2.33. The molecule has 0 amide bonds. The number of aliphatic hydroxyl groups is 1. The Morgan fingerprint density at radius 1 is 1.42 bits per heavy atom. The first-order valence-electron chi connectivity index (χ1n) is 4.32. The normalized spacial score (nSPS) is 33.6. The zero-order valence-corrected chi connectivity index (χ0v) is 7.63. The lowest BCUT2D eigenvalue weighted by molar-refractivity contribution is -0.147. The van der Waals surface area contributed by atoms with Crippen LogP contribution < -0.4 is 0 Å². The fraction of sp³-hybridized carbons (Fsp3) is 0.889. The molecule has 3 nitrogen and oxygen atoms in total. The second-order valence-corrected chi connectivity index (χ2v) is 4.34. The van der Waals surface area contributed by atoms with Gasteiger partial charge in [0.25, 0.3) is 0 Å². The Kier molecular flexibility index (Phi) is 2.17. The van der Waals surface area contributed by atoms with Gasteiger partial charge < -0.3 is 10.2 Å². The summed E-state index contributed by atoms with van der Waals surface area (Å²) in [5.41, 5.74) is -1.23. The zero-order valence-electron chi connectivity index (χ0n) is 7.63. The molecule has 1 unspecified atom stereocenters. The van der Waals surface area contributed by atoms with Crippen molar-refractivity contribution in [1.82, 2.24) is 0 Å². The molecule has 2 N–H and O–H groups in total. The first-order valence-corrected chi connectivity index (χ1v) is 4.32. The van der Waals surface area contributed by atoms with Crippen molar-refractivity contribution in [2.75, 3.05) is 0 Å². The highest BCUT2D eigenvalue weighted by molar-refractivity contribution is 5.68. The lowest BCUT2D eigenvalue weighted by atomic mass is 9.76. The maximum Gasteiger partial charge on any atom is 0.306 e. The van der Waals surface area contributed by atoms with E-state index >= 15 is 0 Å². The molecule has 1 aliphatic rings. The molecule has 12 heavy (non-hydrogen) atoms. The molecule has 1 atom stereocenters. The van der Waals surface area contributed by atoms with Gasteiger partial charge in [0.15, 0.2) is 0 Å². The van der Waals surface area contributed by atoms with E-state index in [1.807, 2.05) is 13.8 Å². The summed E-state index contributed by atoms with van der Waals surface area (Å²) in [7, 11) is 0. The average Bonchev–Trinajstić information content (AvgIpc) is 2.05. The quantitative estimate of drug-likeness (QED) is 0.662. The van der Waals surface area contributed by atoms with Crippen molar-refractivity contribution < 1.29 is 15.0 Å². The molecule has 0 bridgehead atoms. The first-order chi connectivity index (χ1) is 5.37. The van der Waals surface area contributed by atoms with Crippen LogP contribution in [0, 0.1) is 5.41 Å². The molecule has 1 saturated carbocycles. The lowest BCUT2D eigenvalue weighted by Crippen LogP contribution is -2.41. The summed E-state index contributed by atoms with van der Waals surface area (Å²) in [5, 5.41) is 18.6. The Morgan fingerprint density at radius 3 is 2.33 bits per heavy atom. The molecule has 0 radical (unpaired) electrons. The Bertz CT molecular complexity index is 198. The van der Waals surface area contributed by atoms with Crippen LogP contribution in [0.3, 0.4) is 0 Å². The third-order valence-corrected chi connectivity index (χ3v) is 3.10. The van der Waals surface area contributed by atoms with E-state index in [2.05, 4.69) is 0 Å². The summed E-state index contributed by atoms with van der Waals surface area (Å²) in [5.74, 6) is -0.910. The van der Waals surface area contributed by atoms with E-state index in [-0.39, 0.29) is 11.8 Å². The van der Waals surface area contributed by atoms with Crippen molar-refractivity contribution in [2.24, 2.45) is 5.41 Å². The lowest BCUT2D eigenvalue weighted by Gasteiger charge is -2.35. The molecular weight excluding hydrogens is 156 g/mol. The summed E-state index contributed by atoms with van der Waals surface area (Å²) in [6.45, 7) is 3.87. The third kappa shape index (κ3) is 1.46. The maximum absolute atomic E-state index is 10.5. The van der Waals surface area contributed by atoms with Gasteiger partial charge in [-0.05, 0) is 24.7 Å². The fourth-order valence-electron chi connectivity index (χ4n) is 1.97. The molecule has 3 heteroatoms. The average molecular weight is 172 g/mol. The van der Waals surface area contributed by atoms with Crippen LogP contribution in [0.4, 0.5) is 0 Å².